The molecule has 0 saturated carbocycles. The Morgan fingerprint density at radius 2 is 1.79 bits per heavy atom. The third kappa shape index (κ3) is 4.56. The van der Waals surface area contributed by atoms with Gasteiger partial charge in [0, 0.05) is 27.2 Å². The molecule has 0 aliphatic carbocycles. The second-order valence-electron chi connectivity index (χ2n) is 5.19. The third-order valence-corrected chi connectivity index (χ3v) is 4.43. The van der Waals surface area contributed by atoms with Gasteiger partial charge in [-0.2, -0.15) is 0 Å². The van der Waals surface area contributed by atoms with E-state index in [0.717, 1.165) is 0 Å². The zero-order chi connectivity index (χ0) is 16.8. The molecule has 1 heterocycles. The first-order chi connectivity index (χ1) is 11.1. The summed E-state index contributed by atoms with van der Waals surface area (Å²) in [5, 5.41) is 4.89. The predicted octanol–water partition coefficient (Wildman–Crippen LogP) is 2.74. The van der Waals surface area contributed by atoms with Crippen molar-refractivity contribution < 1.29 is 9.59 Å². The maximum atomic E-state index is 12.6. The molecule has 0 atom stereocenters. The lowest BCUT2D eigenvalue weighted by Crippen LogP contribution is -2.34. The zero-order valence-corrected chi connectivity index (χ0v) is 15.6. The number of hydrogen-bond donors (Lipinski definition) is 1. The van der Waals surface area contributed by atoms with Gasteiger partial charge in [-0.05, 0) is 30.6 Å². The van der Waals surface area contributed by atoms with Crippen LogP contribution in [0.4, 0.5) is 5.69 Å². The Hall–Kier alpha value is -1.89. The highest BCUT2D eigenvalue weighted by molar-refractivity contribution is 7.12. The molecule has 0 saturated heterocycles. The van der Waals surface area contributed by atoms with Crippen molar-refractivity contribution >= 4 is 41.2 Å². The minimum absolute atomic E-state index is 0. The molecule has 0 unspecified atom stereocenters. The molecule has 2 aromatic rings. The summed E-state index contributed by atoms with van der Waals surface area (Å²) in [6.07, 6.45) is 0. The van der Waals surface area contributed by atoms with E-state index in [-0.39, 0.29) is 24.2 Å². The van der Waals surface area contributed by atoms with E-state index < -0.39 is 0 Å². The lowest BCUT2D eigenvalue weighted by Gasteiger charge is -2.23. The normalized spacial score (nSPS) is 9.96. The highest BCUT2D eigenvalue weighted by Gasteiger charge is 2.21. The number of benzene rings is 1. The van der Waals surface area contributed by atoms with E-state index in [4.69, 9.17) is 0 Å². The molecule has 0 aliphatic heterocycles. The number of para-hydroxylation sites is 1. The van der Waals surface area contributed by atoms with E-state index >= 15 is 0 Å². The molecule has 0 spiro atoms. The minimum Gasteiger partial charge on any atom is -0.340 e. The lowest BCUT2D eigenvalue weighted by atomic mass is 10.1. The molecule has 1 aromatic carbocycles. The van der Waals surface area contributed by atoms with Gasteiger partial charge < -0.3 is 15.1 Å². The van der Waals surface area contributed by atoms with Crippen molar-refractivity contribution in [1.82, 2.24) is 10.2 Å². The highest BCUT2D eigenvalue weighted by atomic mass is 35.5. The van der Waals surface area contributed by atoms with Crippen molar-refractivity contribution in [3.63, 3.8) is 0 Å². The van der Waals surface area contributed by atoms with Crippen LogP contribution < -0.4 is 10.2 Å². The van der Waals surface area contributed by atoms with Crippen molar-refractivity contribution in [3.05, 3.63) is 52.2 Å². The minimum atomic E-state index is -0.113. The van der Waals surface area contributed by atoms with Gasteiger partial charge in [0.05, 0.1) is 16.1 Å². The van der Waals surface area contributed by atoms with Gasteiger partial charge in [0.15, 0.2) is 0 Å². The fourth-order valence-electron chi connectivity index (χ4n) is 2.21. The Kier molecular flexibility index (Phi) is 7.91. The number of thiophene rings is 1. The van der Waals surface area contributed by atoms with Crippen LogP contribution in [0.3, 0.4) is 0 Å². The second kappa shape index (κ2) is 9.42. The number of carbonyl (C=O) groups excluding carboxylic acids is 2. The molecule has 7 heteroatoms. The number of anilines is 1. The molecule has 0 radical (unpaired) electrons. The summed E-state index contributed by atoms with van der Waals surface area (Å²) in [6, 6.07) is 10.8. The predicted molar refractivity (Wildman–Crippen MR) is 102 cm³/mol. The Morgan fingerprint density at radius 3 is 2.42 bits per heavy atom. The van der Waals surface area contributed by atoms with Gasteiger partial charge in [0.1, 0.15) is 0 Å². The van der Waals surface area contributed by atoms with Crippen molar-refractivity contribution in [1.29, 1.82) is 0 Å². The van der Waals surface area contributed by atoms with Crippen LogP contribution >= 0.6 is 23.7 Å². The van der Waals surface area contributed by atoms with Crippen LogP contribution in [-0.2, 0) is 0 Å². The topological polar surface area (TPSA) is 52.7 Å². The number of amides is 2. The molecular weight excluding hydrogens is 346 g/mol. The Labute approximate surface area is 152 Å². The van der Waals surface area contributed by atoms with Crippen LogP contribution in [0.1, 0.15) is 20.0 Å². The first kappa shape index (κ1) is 20.2. The number of halogens is 1. The number of carbonyl (C=O) groups is 2. The van der Waals surface area contributed by atoms with E-state index in [0.29, 0.717) is 29.2 Å². The van der Waals surface area contributed by atoms with Crippen LogP contribution in [0.25, 0.3) is 0 Å². The van der Waals surface area contributed by atoms with Crippen molar-refractivity contribution in [3.8, 4) is 0 Å². The molecule has 1 aromatic heterocycles. The van der Waals surface area contributed by atoms with Gasteiger partial charge in [-0.25, -0.2) is 0 Å². The average Bonchev–Trinajstić information content (AvgIpc) is 3.12. The van der Waals surface area contributed by atoms with Crippen LogP contribution in [0, 0.1) is 0 Å². The highest BCUT2D eigenvalue weighted by Crippen LogP contribution is 2.23. The molecule has 130 valence electrons. The zero-order valence-electron chi connectivity index (χ0n) is 14.0. The maximum Gasteiger partial charge on any atom is 0.268 e. The quantitative estimate of drug-likeness (QED) is 0.854. The molecule has 1 N–H and O–H groups in total. The third-order valence-electron chi connectivity index (χ3n) is 3.58. The van der Waals surface area contributed by atoms with E-state index in [9.17, 15) is 9.59 Å². The standard InChI is InChI=1S/C17H21N3O2S.ClH/c1-18-10-11-19(2)16(21)13-7-4-5-8-14(13)20(3)17(22)15-9-6-12-23-15;/h4-9,12,18H,10-11H2,1-3H3;1H. The number of nitrogens with one attached hydrogen (secondary N) is 1. The summed E-state index contributed by atoms with van der Waals surface area (Å²) in [7, 11) is 5.30. The first-order valence-corrected chi connectivity index (χ1v) is 8.25. The maximum absolute atomic E-state index is 12.6. The monoisotopic (exact) mass is 367 g/mol. The van der Waals surface area contributed by atoms with Crippen LogP contribution in [0.5, 0.6) is 0 Å². The number of rotatable bonds is 6. The summed E-state index contributed by atoms with van der Waals surface area (Å²) < 4.78 is 0. The summed E-state index contributed by atoms with van der Waals surface area (Å²) in [6.45, 7) is 1.32. The number of nitrogens with zero attached hydrogens (tertiary/aromatic N) is 2. The van der Waals surface area contributed by atoms with Gasteiger partial charge in [-0.1, -0.05) is 18.2 Å². The molecular formula is C17H22ClN3O2S. The number of hydrogen-bond acceptors (Lipinski definition) is 4. The molecule has 0 fully saturated rings. The van der Waals surface area contributed by atoms with Gasteiger partial charge in [-0.15, -0.1) is 23.7 Å². The molecule has 2 rings (SSSR count). The Balaban J connectivity index is 0.00000288. The largest absolute Gasteiger partial charge is 0.340 e. The summed E-state index contributed by atoms with van der Waals surface area (Å²) >= 11 is 1.39. The molecule has 0 bridgehead atoms. The molecule has 5 nitrogen and oxygen atoms in total. The van der Waals surface area contributed by atoms with Gasteiger partial charge >= 0.3 is 0 Å². The van der Waals surface area contributed by atoms with E-state index in [1.807, 2.05) is 30.6 Å². The summed E-state index contributed by atoms with van der Waals surface area (Å²) in [4.78, 5) is 29.0. The van der Waals surface area contributed by atoms with Gasteiger partial charge in [0.25, 0.3) is 11.8 Å². The lowest BCUT2D eigenvalue weighted by molar-refractivity contribution is 0.0797. The second-order valence-corrected chi connectivity index (χ2v) is 6.14. The summed E-state index contributed by atoms with van der Waals surface area (Å²) in [5.74, 6) is -0.209. The smallest absolute Gasteiger partial charge is 0.268 e. The van der Waals surface area contributed by atoms with Crippen LogP contribution in [0.15, 0.2) is 41.8 Å². The molecule has 2 amide bonds. The fraction of sp³-hybridized carbons (Fsp3) is 0.294. The van der Waals surface area contributed by atoms with Gasteiger partial charge in [-0.3, -0.25) is 9.59 Å². The van der Waals surface area contributed by atoms with Crippen molar-refractivity contribution in [2.24, 2.45) is 0 Å². The van der Waals surface area contributed by atoms with E-state index in [1.165, 1.54) is 16.2 Å². The SMILES string of the molecule is CNCCN(C)C(=O)c1ccccc1N(C)C(=O)c1cccs1.Cl. The Bertz CT molecular complexity index is 676. The van der Waals surface area contributed by atoms with E-state index in [2.05, 4.69) is 5.32 Å². The number of likely N-dealkylation sites (N-methyl/N-ethyl adjacent to an activating group) is 2. The molecule has 24 heavy (non-hydrogen) atoms. The first-order valence-electron chi connectivity index (χ1n) is 7.37. The average molecular weight is 368 g/mol. The Morgan fingerprint density at radius 1 is 1.08 bits per heavy atom. The van der Waals surface area contributed by atoms with E-state index in [1.54, 1.807) is 37.2 Å². The van der Waals surface area contributed by atoms with Crippen LogP contribution in [0.2, 0.25) is 0 Å². The van der Waals surface area contributed by atoms with Crippen molar-refractivity contribution in [2.75, 3.05) is 39.1 Å². The van der Waals surface area contributed by atoms with Crippen molar-refractivity contribution in [2.45, 2.75) is 0 Å². The van der Waals surface area contributed by atoms with Gasteiger partial charge in [0.2, 0.25) is 0 Å². The fourth-order valence-corrected chi connectivity index (χ4v) is 2.91. The summed E-state index contributed by atoms with van der Waals surface area (Å²) in [5.41, 5.74) is 1.14. The molecule has 0 aliphatic rings. The van der Waals surface area contributed by atoms with Crippen LogP contribution in [-0.4, -0.2) is 50.9 Å².